The van der Waals surface area contributed by atoms with Gasteiger partial charge in [-0.3, -0.25) is 0 Å². The number of halogens is 3. The number of rotatable bonds is 0. The second-order valence-electron chi connectivity index (χ2n) is 0.129. The molecule has 0 fully saturated rings. The van der Waals surface area contributed by atoms with Gasteiger partial charge >= 0.3 is 42.8 Å². The summed E-state index contributed by atoms with van der Waals surface area (Å²) in [5.74, 6) is 0. The Hall–Kier alpha value is 2.74. The summed E-state index contributed by atoms with van der Waals surface area (Å²) in [6.07, 6.45) is 0. The van der Waals surface area contributed by atoms with Crippen molar-refractivity contribution in [1.29, 1.82) is 5.26 Å². The molecule has 0 atom stereocenters. The standard InChI is InChI=1S/CN.Au.3ClH.K/c1-2;;;;;/h;;3*1H;/q-1;+3;;;;/p-3. The normalized spacial score (nSPS) is 6.71. The van der Waals surface area contributed by atoms with Crippen molar-refractivity contribution in [2.75, 3.05) is 0 Å². The topological polar surface area (TPSA) is 23.8 Å². The maximum Gasteiger partial charge on any atom is 0 e. The predicted molar refractivity (Wildman–Crippen MR) is 28.3 cm³/mol. The van der Waals surface area contributed by atoms with Gasteiger partial charge in [-0.15, -0.1) is 0 Å². The molecule has 1 radical (unpaired) electrons. The first-order valence-corrected chi connectivity index (χ1v) is 8.62. The average Bonchev–Trinajstić information content (AvgIpc) is 1.41. The summed E-state index contributed by atoms with van der Waals surface area (Å²) in [5, 5.41) is 6.25. The first kappa shape index (κ1) is 16.4. The van der Waals surface area contributed by atoms with Gasteiger partial charge in [0.15, 0.2) is 0 Å². The summed E-state index contributed by atoms with van der Waals surface area (Å²) in [6, 6.07) is 0. The zero-order valence-electron chi connectivity index (χ0n) is 3.38. The van der Waals surface area contributed by atoms with Crippen molar-refractivity contribution in [2.24, 2.45) is 0 Å². The molecule has 0 N–H and O–H groups in total. The van der Waals surface area contributed by atoms with E-state index in [2.05, 4.69) is 0 Å². The SMILES string of the molecule is [C-]#N.[Cl][Au]([Cl])[Cl].[K]. The Morgan fingerprint density at radius 1 is 1.14 bits per heavy atom. The van der Waals surface area contributed by atoms with Crippen molar-refractivity contribution in [3.63, 3.8) is 0 Å². The average molecular weight is 368 g/mol. The van der Waals surface area contributed by atoms with Crippen LogP contribution >= 0.6 is 27.6 Å². The Kier molecular flexibility index (Phi) is 37.2. The van der Waals surface area contributed by atoms with Crippen molar-refractivity contribution in [2.45, 2.75) is 0 Å². The molecule has 0 aromatic carbocycles. The van der Waals surface area contributed by atoms with Gasteiger partial charge in [0.2, 0.25) is 0 Å². The molecule has 0 aliphatic heterocycles. The molecule has 0 heterocycles. The fourth-order valence-electron chi connectivity index (χ4n) is 0. The summed E-state index contributed by atoms with van der Waals surface area (Å²) < 4.78 is 0. The molecule has 0 unspecified atom stereocenters. The van der Waals surface area contributed by atoms with E-state index in [0.29, 0.717) is 0 Å². The van der Waals surface area contributed by atoms with E-state index >= 15 is 0 Å². The van der Waals surface area contributed by atoms with Gasteiger partial charge in [-0.05, 0) is 0 Å². The second kappa shape index (κ2) is 15.9. The molecule has 0 aromatic rings. The minimum atomic E-state index is -1.79. The largest absolute Gasteiger partial charge is 0 e. The van der Waals surface area contributed by atoms with E-state index in [1.807, 2.05) is 0 Å². The Bertz CT molecular complexity index is 36.4. The Morgan fingerprint density at radius 2 is 1.14 bits per heavy atom. The molecule has 0 saturated carbocycles. The summed E-state index contributed by atoms with van der Waals surface area (Å²) in [4.78, 5) is 0. The van der Waals surface area contributed by atoms with Crippen LogP contribution < -0.4 is 0 Å². The van der Waals surface area contributed by atoms with Gasteiger partial charge in [0, 0.05) is 51.4 Å². The molecule has 6 heteroatoms. The third-order valence-corrected chi connectivity index (χ3v) is 0. The van der Waals surface area contributed by atoms with E-state index in [-0.39, 0.29) is 51.4 Å². The van der Waals surface area contributed by atoms with Crippen molar-refractivity contribution in [1.82, 2.24) is 0 Å². The van der Waals surface area contributed by atoms with Crippen LogP contribution in [0, 0.1) is 11.8 Å². The van der Waals surface area contributed by atoms with Crippen LogP contribution in [0.5, 0.6) is 0 Å². The molecular formula is CAuCl3KN-. The predicted octanol–water partition coefficient (Wildman–Crippen LogP) is 1.78. The second-order valence-corrected chi connectivity index (χ2v) is 9.52. The summed E-state index contributed by atoms with van der Waals surface area (Å²) >= 11 is -1.79. The molecule has 0 saturated heterocycles. The van der Waals surface area contributed by atoms with Crippen LogP contribution in [0.2, 0.25) is 0 Å². The molecular weight excluding hydrogens is 368 g/mol. The first-order chi connectivity index (χ1) is 2.73. The van der Waals surface area contributed by atoms with Crippen LogP contribution in [0.15, 0.2) is 0 Å². The summed E-state index contributed by atoms with van der Waals surface area (Å²) in [6.45, 7) is 4.75. The van der Waals surface area contributed by atoms with Gasteiger partial charge in [-0.1, -0.05) is 0 Å². The number of hydrogen-bond donors (Lipinski definition) is 0. The van der Waals surface area contributed by atoms with E-state index in [1.54, 1.807) is 0 Å². The van der Waals surface area contributed by atoms with Gasteiger partial charge in [0.1, 0.15) is 0 Å². The maximum atomic E-state index is 6.25. The molecule has 0 rings (SSSR count). The van der Waals surface area contributed by atoms with E-state index in [4.69, 9.17) is 39.4 Å². The first-order valence-electron chi connectivity index (χ1n) is 0.565. The monoisotopic (exact) mass is 367 g/mol. The van der Waals surface area contributed by atoms with Gasteiger partial charge < -0.3 is 11.8 Å². The van der Waals surface area contributed by atoms with Gasteiger partial charge in [0.05, 0.1) is 0 Å². The molecule has 0 amide bonds. The number of nitrogens with zero attached hydrogens (tertiary/aromatic N) is 1. The van der Waals surface area contributed by atoms with E-state index in [0.717, 1.165) is 0 Å². The molecule has 0 spiro atoms. The van der Waals surface area contributed by atoms with Crippen LogP contribution in [0.3, 0.4) is 0 Å². The van der Waals surface area contributed by atoms with Crippen molar-refractivity contribution in [3.05, 3.63) is 6.57 Å². The Balaban J connectivity index is -0.0000000480. The maximum absolute atomic E-state index is 6.25. The molecule has 43 valence electrons. The molecule has 0 aliphatic rings. The van der Waals surface area contributed by atoms with Gasteiger partial charge in [-0.2, -0.15) is 0 Å². The smallest absolute Gasteiger partial charge is 0 e. The van der Waals surface area contributed by atoms with E-state index < -0.39 is 15.2 Å². The third-order valence-electron chi connectivity index (χ3n) is 0. The Morgan fingerprint density at radius 3 is 1.14 bits per heavy atom. The van der Waals surface area contributed by atoms with Crippen molar-refractivity contribution >= 4 is 79.0 Å². The fraction of sp³-hybridized carbons (Fsp3) is 0. The summed E-state index contributed by atoms with van der Waals surface area (Å²) in [7, 11) is 14.9. The van der Waals surface area contributed by atoms with E-state index in [1.165, 1.54) is 0 Å². The zero-order chi connectivity index (χ0) is 5.58. The van der Waals surface area contributed by atoms with Crippen molar-refractivity contribution < 1.29 is 15.2 Å². The molecule has 7 heavy (non-hydrogen) atoms. The quantitative estimate of drug-likeness (QED) is 0.472. The Labute approximate surface area is 103 Å². The third kappa shape index (κ3) is 52.9. The molecule has 1 nitrogen and oxygen atoms in total. The molecule has 0 aliphatic carbocycles. The number of hydrogen-bond acceptors (Lipinski definition) is 1. The summed E-state index contributed by atoms with van der Waals surface area (Å²) in [5.41, 5.74) is 0. The minimum absolute atomic E-state index is 0. The van der Waals surface area contributed by atoms with Crippen molar-refractivity contribution in [3.8, 4) is 0 Å². The molecule has 0 aromatic heterocycles. The van der Waals surface area contributed by atoms with Crippen LogP contribution in [-0.2, 0) is 15.2 Å². The van der Waals surface area contributed by atoms with E-state index in [9.17, 15) is 0 Å². The fourth-order valence-corrected chi connectivity index (χ4v) is 0. The van der Waals surface area contributed by atoms with Gasteiger partial charge in [0.25, 0.3) is 0 Å². The van der Waals surface area contributed by atoms with Crippen LogP contribution in [0.1, 0.15) is 0 Å². The zero-order valence-corrected chi connectivity index (χ0v) is 10.9. The van der Waals surface area contributed by atoms with Crippen LogP contribution in [0.25, 0.3) is 0 Å². The van der Waals surface area contributed by atoms with Crippen LogP contribution in [0.4, 0.5) is 0 Å². The molecule has 0 bridgehead atoms. The minimum Gasteiger partial charge on any atom is 0 e. The van der Waals surface area contributed by atoms with Gasteiger partial charge in [-0.25, -0.2) is 0 Å². The van der Waals surface area contributed by atoms with Crippen LogP contribution in [-0.4, -0.2) is 51.4 Å².